The van der Waals surface area contributed by atoms with Gasteiger partial charge in [-0.25, -0.2) is 0 Å². The third-order valence-corrected chi connectivity index (χ3v) is 2.98. The summed E-state index contributed by atoms with van der Waals surface area (Å²) in [7, 11) is 0. The van der Waals surface area contributed by atoms with Gasteiger partial charge in [-0.15, -0.1) is 0 Å². The van der Waals surface area contributed by atoms with Crippen LogP contribution in [0.2, 0.25) is 0 Å². The van der Waals surface area contributed by atoms with Crippen LogP contribution in [0.5, 0.6) is 0 Å². The van der Waals surface area contributed by atoms with Crippen LogP contribution in [0, 0.1) is 5.92 Å². The van der Waals surface area contributed by atoms with E-state index >= 15 is 0 Å². The summed E-state index contributed by atoms with van der Waals surface area (Å²) in [5.41, 5.74) is 5.42. The SMILES string of the molecule is CC(C)/C=C/CSCCCCCCN. The van der Waals surface area contributed by atoms with Crippen LogP contribution >= 0.6 is 11.8 Å². The molecule has 1 nitrogen and oxygen atoms in total. The van der Waals surface area contributed by atoms with E-state index in [4.69, 9.17) is 5.73 Å². The molecule has 0 amide bonds. The largest absolute Gasteiger partial charge is 0.330 e. The first-order chi connectivity index (χ1) is 6.77. The monoisotopic (exact) mass is 215 g/mol. The molecule has 0 spiro atoms. The Hall–Kier alpha value is 0.0500. The third-order valence-electron chi connectivity index (χ3n) is 1.98. The number of allylic oxidation sites excluding steroid dienone is 1. The van der Waals surface area contributed by atoms with Crippen LogP contribution in [0.4, 0.5) is 0 Å². The highest BCUT2D eigenvalue weighted by molar-refractivity contribution is 7.99. The van der Waals surface area contributed by atoms with Gasteiger partial charge < -0.3 is 5.73 Å². The Kier molecular flexibility index (Phi) is 11.2. The molecule has 84 valence electrons. The molecule has 0 saturated carbocycles. The van der Waals surface area contributed by atoms with Crippen molar-refractivity contribution in [3.05, 3.63) is 12.2 Å². The molecule has 0 unspecified atom stereocenters. The van der Waals surface area contributed by atoms with Crippen molar-refractivity contribution in [2.24, 2.45) is 11.7 Å². The molecule has 0 aromatic heterocycles. The van der Waals surface area contributed by atoms with Crippen LogP contribution < -0.4 is 5.73 Å². The van der Waals surface area contributed by atoms with Gasteiger partial charge in [0.2, 0.25) is 0 Å². The number of rotatable bonds is 9. The summed E-state index contributed by atoms with van der Waals surface area (Å²) in [6.07, 6.45) is 9.76. The van der Waals surface area contributed by atoms with Gasteiger partial charge >= 0.3 is 0 Å². The first kappa shape index (κ1) is 14.1. The van der Waals surface area contributed by atoms with Crippen LogP contribution in [0.1, 0.15) is 39.5 Å². The Morgan fingerprint density at radius 3 is 2.50 bits per heavy atom. The first-order valence-corrected chi connectivity index (χ1v) is 6.87. The van der Waals surface area contributed by atoms with Crippen molar-refractivity contribution < 1.29 is 0 Å². The molecular formula is C12H25NS. The number of unbranched alkanes of at least 4 members (excludes halogenated alkanes) is 3. The van der Waals surface area contributed by atoms with Crippen LogP contribution in [0.15, 0.2) is 12.2 Å². The molecule has 0 heterocycles. The molecule has 14 heavy (non-hydrogen) atoms. The minimum absolute atomic E-state index is 0.695. The van der Waals surface area contributed by atoms with Gasteiger partial charge in [-0.2, -0.15) is 11.8 Å². The lowest BCUT2D eigenvalue weighted by molar-refractivity contribution is 0.678. The Morgan fingerprint density at radius 1 is 1.14 bits per heavy atom. The van der Waals surface area contributed by atoms with Crippen molar-refractivity contribution in [1.29, 1.82) is 0 Å². The molecule has 0 radical (unpaired) electrons. The zero-order valence-corrected chi connectivity index (χ0v) is 10.5. The van der Waals surface area contributed by atoms with Crippen molar-refractivity contribution in [3.8, 4) is 0 Å². The molecule has 2 heteroatoms. The summed E-state index contributed by atoms with van der Waals surface area (Å²) in [6.45, 7) is 5.28. The lowest BCUT2D eigenvalue weighted by atomic mass is 10.2. The second kappa shape index (κ2) is 11.1. The van der Waals surface area contributed by atoms with Gasteiger partial charge in [0.25, 0.3) is 0 Å². The number of hydrogen-bond acceptors (Lipinski definition) is 2. The van der Waals surface area contributed by atoms with E-state index in [0.717, 1.165) is 6.54 Å². The fourth-order valence-corrected chi connectivity index (χ4v) is 2.00. The van der Waals surface area contributed by atoms with E-state index in [2.05, 4.69) is 26.0 Å². The predicted molar refractivity (Wildman–Crippen MR) is 68.8 cm³/mol. The quantitative estimate of drug-likeness (QED) is 0.471. The van der Waals surface area contributed by atoms with Gasteiger partial charge in [0, 0.05) is 5.75 Å². The molecule has 0 aliphatic rings. The Bertz CT molecular complexity index is 132. The normalized spacial score (nSPS) is 11.7. The van der Waals surface area contributed by atoms with E-state index in [-0.39, 0.29) is 0 Å². The Labute approximate surface area is 93.5 Å². The van der Waals surface area contributed by atoms with Crippen molar-refractivity contribution in [1.82, 2.24) is 0 Å². The molecule has 0 aliphatic heterocycles. The average Bonchev–Trinajstić information content (AvgIpc) is 2.15. The van der Waals surface area contributed by atoms with Crippen LogP contribution in [-0.2, 0) is 0 Å². The van der Waals surface area contributed by atoms with E-state index in [0.29, 0.717) is 5.92 Å². The first-order valence-electron chi connectivity index (χ1n) is 5.72. The van der Waals surface area contributed by atoms with E-state index in [9.17, 15) is 0 Å². The van der Waals surface area contributed by atoms with E-state index in [1.807, 2.05) is 11.8 Å². The van der Waals surface area contributed by atoms with E-state index in [1.54, 1.807) is 0 Å². The van der Waals surface area contributed by atoms with Gasteiger partial charge in [0.1, 0.15) is 0 Å². The Balaban J connectivity index is 2.99. The van der Waals surface area contributed by atoms with Gasteiger partial charge in [-0.3, -0.25) is 0 Å². The molecule has 0 aromatic rings. The summed E-state index contributed by atoms with van der Waals surface area (Å²) in [5.74, 6) is 3.17. The summed E-state index contributed by atoms with van der Waals surface area (Å²) in [5, 5.41) is 0. The minimum atomic E-state index is 0.695. The molecule has 0 saturated heterocycles. The fourth-order valence-electron chi connectivity index (χ4n) is 1.18. The van der Waals surface area contributed by atoms with E-state index < -0.39 is 0 Å². The fraction of sp³-hybridized carbons (Fsp3) is 0.833. The van der Waals surface area contributed by atoms with Gasteiger partial charge in [0.05, 0.1) is 0 Å². The number of hydrogen-bond donors (Lipinski definition) is 1. The maximum absolute atomic E-state index is 5.42. The molecule has 2 N–H and O–H groups in total. The number of thioether (sulfide) groups is 1. The smallest absolute Gasteiger partial charge is 0.0113 e. The zero-order chi connectivity index (χ0) is 10.6. The third kappa shape index (κ3) is 12.0. The molecule has 0 fully saturated rings. The summed E-state index contributed by atoms with van der Waals surface area (Å²) >= 11 is 2.04. The second-order valence-corrected chi connectivity index (χ2v) is 5.10. The van der Waals surface area contributed by atoms with Crippen LogP contribution in [0.3, 0.4) is 0 Å². The highest BCUT2D eigenvalue weighted by Crippen LogP contribution is 2.08. The molecule has 0 atom stereocenters. The Morgan fingerprint density at radius 2 is 1.86 bits per heavy atom. The minimum Gasteiger partial charge on any atom is -0.330 e. The molecule has 0 bridgehead atoms. The zero-order valence-electron chi connectivity index (χ0n) is 9.67. The molecular weight excluding hydrogens is 190 g/mol. The maximum atomic E-state index is 5.42. The van der Waals surface area contributed by atoms with Gasteiger partial charge in [0.15, 0.2) is 0 Å². The highest BCUT2D eigenvalue weighted by Gasteiger charge is 1.89. The number of nitrogens with two attached hydrogens (primary N) is 1. The predicted octanol–water partition coefficient (Wildman–Crippen LogP) is 3.45. The van der Waals surface area contributed by atoms with Crippen LogP contribution in [0.25, 0.3) is 0 Å². The van der Waals surface area contributed by atoms with Crippen LogP contribution in [-0.4, -0.2) is 18.1 Å². The lowest BCUT2D eigenvalue weighted by Gasteiger charge is -1.99. The maximum Gasteiger partial charge on any atom is 0.0113 e. The van der Waals surface area contributed by atoms with Crippen molar-refractivity contribution >= 4 is 11.8 Å². The average molecular weight is 215 g/mol. The lowest BCUT2D eigenvalue weighted by Crippen LogP contribution is -1.97. The topological polar surface area (TPSA) is 26.0 Å². The van der Waals surface area contributed by atoms with Crippen molar-refractivity contribution in [2.45, 2.75) is 39.5 Å². The molecule has 0 aromatic carbocycles. The summed E-state index contributed by atoms with van der Waals surface area (Å²) < 4.78 is 0. The second-order valence-electron chi connectivity index (χ2n) is 3.95. The van der Waals surface area contributed by atoms with Crippen molar-refractivity contribution in [3.63, 3.8) is 0 Å². The van der Waals surface area contributed by atoms with Gasteiger partial charge in [-0.05, 0) is 31.1 Å². The van der Waals surface area contributed by atoms with Crippen molar-refractivity contribution in [2.75, 3.05) is 18.1 Å². The standard InChI is InChI=1S/C12H25NS/c1-12(2)8-7-11-14-10-6-4-3-5-9-13/h7-8,12H,3-6,9-11,13H2,1-2H3/b8-7+. The van der Waals surface area contributed by atoms with E-state index in [1.165, 1.54) is 37.2 Å². The molecule has 0 aliphatic carbocycles. The molecule has 0 rings (SSSR count). The summed E-state index contributed by atoms with van der Waals surface area (Å²) in [6, 6.07) is 0. The van der Waals surface area contributed by atoms with Gasteiger partial charge in [-0.1, -0.05) is 38.8 Å². The summed E-state index contributed by atoms with van der Waals surface area (Å²) in [4.78, 5) is 0. The highest BCUT2D eigenvalue weighted by atomic mass is 32.2.